The highest BCUT2D eigenvalue weighted by atomic mass is 19.1. The Bertz CT molecular complexity index is 1470. The lowest BCUT2D eigenvalue weighted by Crippen LogP contribution is -2.30. The van der Waals surface area contributed by atoms with Gasteiger partial charge < -0.3 is 10.1 Å². The molecule has 0 bridgehead atoms. The van der Waals surface area contributed by atoms with Gasteiger partial charge in [-0.05, 0) is 55.5 Å². The van der Waals surface area contributed by atoms with Gasteiger partial charge in [0.2, 0.25) is 0 Å². The number of benzene rings is 2. The molecule has 0 fully saturated rings. The molecule has 1 unspecified atom stereocenters. The number of aromatic nitrogens is 5. The van der Waals surface area contributed by atoms with Crippen molar-refractivity contribution in [3.8, 4) is 28.4 Å². The number of halogens is 1. The third-order valence-corrected chi connectivity index (χ3v) is 5.09. The molecule has 0 aliphatic heterocycles. The number of carbonyl (C=O) groups excluding carboxylic acids is 1. The van der Waals surface area contributed by atoms with Crippen molar-refractivity contribution in [2.45, 2.75) is 13.0 Å². The van der Waals surface area contributed by atoms with E-state index in [0.29, 0.717) is 22.9 Å². The molecule has 1 atom stereocenters. The van der Waals surface area contributed by atoms with Crippen LogP contribution in [0.25, 0.3) is 28.3 Å². The third-order valence-electron chi connectivity index (χ3n) is 5.09. The van der Waals surface area contributed by atoms with Gasteiger partial charge in [-0.2, -0.15) is 9.61 Å². The number of nitrogens with zero attached hydrogens (tertiary/aromatic N) is 5. The van der Waals surface area contributed by atoms with Crippen LogP contribution in [-0.4, -0.2) is 36.8 Å². The van der Waals surface area contributed by atoms with Gasteiger partial charge in [-0.1, -0.05) is 18.2 Å². The van der Waals surface area contributed by atoms with E-state index in [1.807, 2.05) is 42.5 Å². The van der Waals surface area contributed by atoms with Gasteiger partial charge in [0.25, 0.3) is 5.91 Å². The summed E-state index contributed by atoms with van der Waals surface area (Å²) in [6.07, 6.45) is 2.57. The monoisotopic (exact) mass is 454 g/mol. The lowest BCUT2D eigenvalue weighted by atomic mass is 10.1. The Morgan fingerprint density at radius 1 is 1.00 bits per heavy atom. The van der Waals surface area contributed by atoms with Crippen LogP contribution in [0.4, 0.5) is 10.1 Å². The van der Waals surface area contributed by atoms with Crippen molar-refractivity contribution in [3.05, 3.63) is 91.0 Å². The van der Waals surface area contributed by atoms with E-state index in [0.717, 1.165) is 11.1 Å². The molecule has 1 amide bonds. The molecule has 0 spiro atoms. The molecule has 0 saturated carbocycles. The first-order valence-electron chi connectivity index (χ1n) is 10.5. The maximum absolute atomic E-state index is 13.4. The van der Waals surface area contributed by atoms with Crippen LogP contribution in [0.1, 0.15) is 6.92 Å². The molecule has 2 aromatic carbocycles. The zero-order valence-corrected chi connectivity index (χ0v) is 18.1. The van der Waals surface area contributed by atoms with Crippen molar-refractivity contribution in [1.29, 1.82) is 0 Å². The van der Waals surface area contributed by atoms with Crippen LogP contribution < -0.4 is 10.1 Å². The zero-order chi connectivity index (χ0) is 23.5. The Hall–Kier alpha value is -4.66. The molecule has 3 aromatic heterocycles. The molecule has 9 heteroatoms. The smallest absolute Gasteiger partial charge is 0.265 e. The Kier molecular flexibility index (Phi) is 5.65. The van der Waals surface area contributed by atoms with Gasteiger partial charge in [0.1, 0.15) is 11.6 Å². The molecule has 0 aliphatic carbocycles. The molecular weight excluding hydrogens is 435 g/mol. The minimum Gasteiger partial charge on any atom is -0.481 e. The number of amides is 1. The van der Waals surface area contributed by atoms with E-state index in [4.69, 9.17) is 9.84 Å². The third kappa shape index (κ3) is 4.44. The number of carbonyl (C=O) groups is 1. The second-order valence-corrected chi connectivity index (χ2v) is 7.54. The Morgan fingerprint density at radius 2 is 1.85 bits per heavy atom. The van der Waals surface area contributed by atoms with Crippen LogP contribution in [-0.2, 0) is 4.79 Å². The largest absolute Gasteiger partial charge is 0.481 e. The highest BCUT2D eigenvalue weighted by Crippen LogP contribution is 2.23. The molecule has 0 saturated heterocycles. The van der Waals surface area contributed by atoms with Crippen LogP contribution in [0.15, 0.2) is 85.2 Å². The van der Waals surface area contributed by atoms with Crippen LogP contribution in [0.3, 0.4) is 0 Å². The second kappa shape index (κ2) is 9.07. The number of pyridine rings is 1. The van der Waals surface area contributed by atoms with E-state index < -0.39 is 11.9 Å². The van der Waals surface area contributed by atoms with Gasteiger partial charge in [0.05, 0.1) is 5.69 Å². The summed E-state index contributed by atoms with van der Waals surface area (Å²) in [5.41, 5.74) is 3.46. The van der Waals surface area contributed by atoms with E-state index in [1.165, 1.54) is 18.2 Å². The summed E-state index contributed by atoms with van der Waals surface area (Å²) in [5.74, 6) is 0.0783. The van der Waals surface area contributed by atoms with Gasteiger partial charge in [-0.25, -0.2) is 4.39 Å². The van der Waals surface area contributed by atoms with Crippen LogP contribution in [0.5, 0.6) is 5.75 Å². The van der Waals surface area contributed by atoms with Crippen molar-refractivity contribution in [2.24, 2.45) is 0 Å². The standard InChI is InChI=1S/C25H19FN6O2/c1-16(34-21-9-3-7-19(26)14-21)25(33)28-20-8-2-5-17(13-20)22-10-11-23-29-30-24(32(23)31-22)18-6-4-12-27-15-18/h2-16H,1H3,(H,28,33). The number of ether oxygens (including phenoxy) is 1. The normalized spacial score (nSPS) is 11.8. The fourth-order valence-corrected chi connectivity index (χ4v) is 3.42. The van der Waals surface area contributed by atoms with Crippen LogP contribution >= 0.6 is 0 Å². The number of anilines is 1. The first-order chi connectivity index (χ1) is 16.6. The van der Waals surface area contributed by atoms with Crippen molar-refractivity contribution >= 4 is 17.2 Å². The average Bonchev–Trinajstić information content (AvgIpc) is 3.28. The zero-order valence-electron chi connectivity index (χ0n) is 18.1. The Labute approximate surface area is 194 Å². The molecule has 8 nitrogen and oxygen atoms in total. The molecule has 168 valence electrons. The molecule has 34 heavy (non-hydrogen) atoms. The molecular formula is C25H19FN6O2. The lowest BCUT2D eigenvalue weighted by Gasteiger charge is -2.15. The topological polar surface area (TPSA) is 94.3 Å². The van der Waals surface area contributed by atoms with E-state index in [2.05, 4.69) is 20.5 Å². The number of hydrogen-bond donors (Lipinski definition) is 1. The first-order valence-corrected chi connectivity index (χ1v) is 10.5. The summed E-state index contributed by atoms with van der Waals surface area (Å²) < 4.78 is 20.6. The molecule has 3 heterocycles. The fourth-order valence-electron chi connectivity index (χ4n) is 3.42. The van der Waals surface area contributed by atoms with E-state index >= 15 is 0 Å². The summed E-state index contributed by atoms with van der Waals surface area (Å²) in [6, 6.07) is 20.4. The van der Waals surface area contributed by atoms with Gasteiger partial charge in [-0.3, -0.25) is 9.78 Å². The Morgan fingerprint density at radius 3 is 2.68 bits per heavy atom. The molecule has 5 rings (SSSR count). The Balaban J connectivity index is 1.37. The van der Waals surface area contributed by atoms with E-state index in [1.54, 1.807) is 36.0 Å². The number of fused-ring (bicyclic) bond motifs is 1. The lowest BCUT2D eigenvalue weighted by molar-refractivity contribution is -0.122. The number of rotatable bonds is 6. The molecule has 1 N–H and O–H groups in total. The molecule has 0 radical (unpaired) electrons. The van der Waals surface area contributed by atoms with Crippen molar-refractivity contribution in [1.82, 2.24) is 24.8 Å². The van der Waals surface area contributed by atoms with Gasteiger partial charge in [-0.15, -0.1) is 10.2 Å². The average molecular weight is 454 g/mol. The van der Waals surface area contributed by atoms with Gasteiger partial charge in [0.15, 0.2) is 17.6 Å². The summed E-state index contributed by atoms with van der Waals surface area (Å²) in [4.78, 5) is 16.8. The molecule has 5 aromatic rings. The van der Waals surface area contributed by atoms with Crippen LogP contribution in [0, 0.1) is 5.82 Å². The van der Waals surface area contributed by atoms with Gasteiger partial charge >= 0.3 is 0 Å². The summed E-state index contributed by atoms with van der Waals surface area (Å²) in [6.45, 7) is 1.60. The summed E-state index contributed by atoms with van der Waals surface area (Å²) in [7, 11) is 0. The highest BCUT2D eigenvalue weighted by Gasteiger charge is 2.16. The highest BCUT2D eigenvalue weighted by molar-refractivity contribution is 5.94. The predicted molar refractivity (Wildman–Crippen MR) is 125 cm³/mol. The number of nitrogens with one attached hydrogen (secondary N) is 1. The van der Waals surface area contributed by atoms with Crippen molar-refractivity contribution in [3.63, 3.8) is 0 Å². The summed E-state index contributed by atoms with van der Waals surface area (Å²) >= 11 is 0. The first kappa shape index (κ1) is 21.2. The minimum atomic E-state index is -0.820. The molecule has 0 aliphatic rings. The van der Waals surface area contributed by atoms with Gasteiger partial charge in [0, 0.05) is 35.3 Å². The maximum Gasteiger partial charge on any atom is 0.265 e. The van der Waals surface area contributed by atoms with Crippen molar-refractivity contribution in [2.75, 3.05) is 5.32 Å². The quantitative estimate of drug-likeness (QED) is 0.409. The van der Waals surface area contributed by atoms with Crippen molar-refractivity contribution < 1.29 is 13.9 Å². The number of hydrogen-bond acceptors (Lipinski definition) is 6. The maximum atomic E-state index is 13.4. The van der Waals surface area contributed by atoms with E-state index in [9.17, 15) is 9.18 Å². The summed E-state index contributed by atoms with van der Waals surface area (Å²) in [5, 5.41) is 15.9. The SMILES string of the molecule is CC(Oc1cccc(F)c1)C(=O)Nc1cccc(-c2ccc3nnc(-c4cccnc4)n3n2)c1. The van der Waals surface area contributed by atoms with Crippen LogP contribution in [0.2, 0.25) is 0 Å². The predicted octanol–water partition coefficient (Wildman–Crippen LogP) is 4.40. The second-order valence-electron chi connectivity index (χ2n) is 7.54. The minimum absolute atomic E-state index is 0.285. The van der Waals surface area contributed by atoms with E-state index in [-0.39, 0.29) is 11.7 Å². The fraction of sp³-hybridized carbons (Fsp3) is 0.0800.